The molecule has 0 unspecified atom stereocenters. The smallest absolute Gasteiger partial charge is 0.300 e. The normalized spacial score (nSPS) is 10.2. The van der Waals surface area contributed by atoms with Gasteiger partial charge in [-0.25, -0.2) is 4.98 Å². The highest BCUT2D eigenvalue weighted by Gasteiger charge is 2.21. The molecule has 0 bridgehead atoms. The Morgan fingerprint density at radius 1 is 1.33 bits per heavy atom. The highest BCUT2D eigenvalue weighted by atomic mass is 35.5. The summed E-state index contributed by atoms with van der Waals surface area (Å²) in [7, 11) is 0. The van der Waals surface area contributed by atoms with Crippen LogP contribution in [0.5, 0.6) is 0 Å². The van der Waals surface area contributed by atoms with Gasteiger partial charge in [-0.05, 0) is 13.0 Å². The molecule has 21 heavy (non-hydrogen) atoms. The van der Waals surface area contributed by atoms with E-state index in [0.717, 1.165) is 18.0 Å². The number of hydrogen-bond donors (Lipinski definition) is 1. The lowest BCUT2D eigenvalue weighted by Crippen LogP contribution is -2.24. The summed E-state index contributed by atoms with van der Waals surface area (Å²) in [6, 6.07) is 1.15. The number of pyridine rings is 1. The summed E-state index contributed by atoms with van der Waals surface area (Å²) in [5.41, 5.74) is 0.727. The van der Waals surface area contributed by atoms with E-state index in [4.69, 9.17) is 11.6 Å². The Kier molecular flexibility index (Phi) is 4.39. The Morgan fingerprint density at radius 2 is 2.10 bits per heavy atom. The van der Waals surface area contributed by atoms with Crippen molar-refractivity contribution in [1.29, 1.82) is 0 Å². The fourth-order valence-corrected chi connectivity index (χ4v) is 1.68. The van der Waals surface area contributed by atoms with Gasteiger partial charge in [0, 0.05) is 6.20 Å². The fourth-order valence-electron chi connectivity index (χ4n) is 1.53. The maximum atomic E-state index is 12.0. The number of hydrogen-bond acceptors (Lipinski definition) is 6. The molecule has 0 saturated carbocycles. The van der Waals surface area contributed by atoms with E-state index in [1.54, 1.807) is 13.1 Å². The Labute approximate surface area is 124 Å². The molecule has 2 rings (SSSR count). The van der Waals surface area contributed by atoms with Crippen LogP contribution in [0.3, 0.4) is 0 Å². The molecule has 9 heteroatoms. The molecule has 1 amide bonds. The highest BCUT2D eigenvalue weighted by Crippen LogP contribution is 2.20. The van der Waals surface area contributed by atoms with E-state index in [9.17, 15) is 14.9 Å². The lowest BCUT2D eigenvalue weighted by atomic mass is 10.2. The van der Waals surface area contributed by atoms with E-state index >= 15 is 0 Å². The summed E-state index contributed by atoms with van der Waals surface area (Å²) < 4.78 is 0. The molecular formula is C12H10ClN5O3. The standard InChI is InChI=1S/C12H10ClN5O3/c1-7-3-15-8(4-14-7)5-17-12(19)9-2-11(13)16-6-10(9)18(20)21/h2-4,6H,5H2,1H3,(H,17,19). The molecule has 108 valence electrons. The van der Waals surface area contributed by atoms with Gasteiger partial charge in [-0.1, -0.05) is 11.6 Å². The molecule has 2 aromatic rings. The number of aromatic nitrogens is 3. The zero-order chi connectivity index (χ0) is 15.4. The lowest BCUT2D eigenvalue weighted by molar-refractivity contribution is -0.385. The van der Waals surface area contributed by atoms with Crippen LogP contribution in [-0.4, -0.2) is 25.8 Å². The molecular weight excluding hydrogens is 298 g/mol. The van der Waals surface area contributed by atoms with Gasteiger partial charge in [0.1, 0.15) is 16.9 Å². The second-order valence-electron chi connectivity index (χ2n) is 4.11. The summed E-state index contributed by atoms with van der Waals surface area (Å²) >= 11 is 5.66. The van der Waals surface area contributed by atoms with Crippen LogP contribution in [0.4, 0.5) is 5.69 Å². The monoisotopic (exact) mass is 307 g/mol. The number of rotatable bonds is 4. The SMILES string of the molecule is Cc1cnc(CNC(=O)c2cc(Cl)ncc2[N+](=O)[O-])cn1. The summed E-state index contributed by atoms with van der Waals surface area (Å²) in [6.07, 6.45) is 4.03. The van der Waals surface area contributed by atoms with Gasteiger partial charge in [0.2, 0.25) is 0 Å². The summed E-state index contributed by atoms with van der Waals surface area (Å²) in [5.74, 6) is -0.631. The molecule has 0 aliphatic rings. The molecule has 2 heterocycles. The second-order valence-corrected chi connectivity index (χ2v) is 4.50. The van der Waals surface area contributed by atoms with E-state index in [1.165, 1.54) is 6.20 Å². The first-order valence-electron chi connectivity index (χ1n) is 5.83. The third-order valence-electron chi connectivity index (χ3n) is 2.56. The number of nitro groups is 1. The summed E-state index contributed by atoms with van der Waals surface area (Å²) in [6.45, 7) is 1.89. The topological polar surface area (TPSA) is 111 Å². The van der Waals surface area contributed by atoms with Crippen LogP contribution in [0.25, 0.3) is 0 Å². The van der Waals surface area contributed by atoms with E-state index in [2.05, 4.69) is 20.3 Å². The van der Waals surface area contributed by atoms with E-state index < -0.39 is 16.5 Å². The van der Waals surface area contributed by atoms with Crippen LogP contribution < -0.4 is 5.32 Å². The largest absolute Gasteiger partial charge is 0.346 e. The van der Waals surface area contributed by atoms with Gasteiger partial charge < -0.3 is 5.32 Å². The number of carbonyl (C=O) groups is 1. The number of nitrogens with one attached hydrogen (secondary N) is 1. The van der Waals surface area contributed by atoms with E-state index in [1.807, 2.05) is 0 Å². The number of halogens is 1. The maximum Gasteiger partial charge on any atom is 0.300 e. The predicted octanol–water partition coefficient (Wildman–Crippen LogP) is 1.67. The first kappa shape index (κ1) is 14.8. The molecule has 0 atom stereocenters. The summed E-state index contributed by atoms with van der Waals surface area (Å²) in [5, 5.41) is 13.4. The number of nitrogens with zero attached hydrogens (tertiary/aromatic N) is 4. The molecule has 0 aromatic carbocycles. The van der Waals surface area contributed by atoms with Gasteiger partial charge in [0.05, 0.1) is 29.1 Å². The van der Waals surface area contributed by atoms with Crippen LogP contribution in [-0.2, 0) is 6.54 Å². The third-order valence-corrected chi connectivity index (χ3v) is 2.76. The van der Waals surface area contributed by atoms with Gasteiger partial charge in [-0.3, -0.25) is 24.9 Å². The minimum absolute atomic E-state index is 0.000813. The van der Waals surface area contributed by atoms with Gasteiger partial charge in [-0.2, -0.15) is 0 Å². The fraction of sp³-hybridized carbons (Fsp3) is 0.167. The van der Waals surface area contributed by atoms with E-state index in [-0.39, 0.29) is 17.3 Å². The van der Waals surface area contributed by atoms with Gasteiger partial charge in [0.25, 0.3) is 11.6 Å². The Bertz CT molecular complexity index is 690. The van der Waals surface area contributed by atoms with Crippen molar-refractivity contribution in [3.63, 3.8) is 0 Å². The van der Waals surface area contributed by atoms with Crippen molar-refractivity contribution in [1.82, 2.24) is 20.3 Å². The van der Waals surface area contributed by atoms with Gasteiger partial charge in [-0.15, -0.1) is 0 Å². The number of carbonyl (C=O) groups excluding carboxylic acids is 1. The van der Waals surface area contributed by atoms with Crippen LogP contribution >= 0.6 is 11.6 Å². The van der Waals surface area contributed by atoms with Crippen LogP contribution in [0, 0.1) is 17.0 Å². The van der Waals surface area contributed by atoms with E-state index in [0.29, 0.717) is 5.69 Å². The zero-order valence-corrected chi connectivity index (χ0v) is 11.7. The van der Waals surface area contributed by atoms with Crippen molar-refractivity contribution >= 4 is 23.2 Å². The van der Waals surface area contributed by atoms with Crippen molar-refractivity contribution in [2.24, 2.45) is 0 Å². The highest BCUT2D eigenvalue weighted by molar-refractivity contribution is 6.29. The summed E-state index contributed by atoms with van der Waals surface area (Å²) in [4.78, 5) is 33.9. The maximum absolute atomic E-state index is 12.0. The molecule has 0 radical (unpaired) electrons. The molecule has 0 aliphatic carbocycles. The number of amides is 1. The van der Waals surface area contributed by atoms with Crippen molar-refractivity contribution in [2.45, 2.75) is 13.5 Å². The van der Waals surface area contributed by atoms with Crippen LogP contribution in [0.1, 0.15) is 21.7 Å². The first-order valence-corrected chi connectivity index (χ1v) is 6.21. The minimum atomic E-state index is -0.691. The van der Waals surface area contributed by atoms with Crippen LogP contribution in [0.15, 0.2) is 24.7 Å². The lowest BCUT2D eigenvalue weighted by Gasteiger charge is -2.05. The molecule has 8 nitrogen and oxygen atoms in total. The van der Waals surface area contributed by atoms with Crippen molar-refractivity contribution < 1.29 is 9.72 Å². The Morgan fingerprint density at radius 3 is 2.71 bits per heavy atom. The molecule has 0 fully saturated rings. The van der Waals surface area contributed by atoms with Crippen molar-refractivity contribution in [2.75, 3.05) is 0 Å². The minimum Gasteiger partial charge on any atom is -0.346 e. The predicted molar refractivity (Wildman–Crippen MR) is 73.8 cm³/mol. The zero-order valence-electron chi connectivity index (χ0n) is 10.9. The third kappa shape index (κ3) is 3.69. The average molecular weight is 308 g/mol. The van der Waals surface area contributed by atoms with Gasteiger partial charge in [0.15, 0.2) is 0 Å². The molecule has 0 saturated heterocycles. The molecule has 0 aliphatic heterocycles. The first-order chi connectivity index (χ1) is 9.97. The molecule has 0 spiro atoms. The number of aryl methyl sites for hydroxylation is 1. The Balaban J connectivity index is 2.15. The Hall–Kier alpha value is -2.61. The van der Waals surface area contributed by atoms with Crippen molar-refractivity contribution in [3.05, 3.63) is 56.9 Å². The molecule has 1 N–H and O–H groups in total. The van der Waals surface area contributed by atoms with Gasteiger partial charge >= 0.3 is 0 Å². The van der Waals surface area contributed by atoms with Crippen LogP contribution in [0.2, 0.25) is 5.15 Å². The van der Waals surface area contributed by atoms with Crippen molar-refractivity contribution in [3.8, 4) is 0 Å². The molecule has 2 aromatic heterocycles. The average Bonchev–Trinajstić information content (AvgIpc) is 2.46. The second kappa shape index (κ2) is 6.23. The quantitative estimate of drug-likeness (QED) is 0.522.